The molecule has 4 aliphatic carbocycles. The minimum Gasteiger partial charge on any atom is -0.481 e. The lowest BCUT2D eigenvalue weighted by Crippen LogP contribution is -2.65. The SMILES string of the molecule is C=C1C[C@]23CC[C@@H]4[C@](C)(CCC[C@@]4(C)C(=O)O)[C@H]2CC[C@]1(O[C@@H]1O[C@H](CO)[C@@H](O)[C@H](O)[C@H]1O[C@@H]1O[C@H](CO)[C@@H](O)[C@H](O)[C@H]1O)C3. The molecule has 2 heterocycles. The summed E-state index contributed by atoms with van der Waals surface area (Å²) in [5.74, 6) is -0.392. The van der Waals surface area contributed by atoms with E-state index in [1.54, 1.807) is 0 Å². The van der Waals surface area contributed by atoms with Gasteiger partial charge in [0.15, 0.2) is 12.6 Å². The zero-order valence-corrected chi connectivity index (χ0v) is 26.0. The molecule has 1 spiro atoms. The molecule has 4 saturated carbocycles. The average molecular weight is 643 g/mol. The minimum atomic E-state index is -1.76. The molecule has 8 N–H and O–H groups in total. The molecule has 6 fully saturated rings. The average Bonchev–Trinajstić information content (AvgIpc) is 3.19. The van der Waals surface area contributed by atoms with Gasteiger partial charge in [0, 0.05) is 0 Å². The number of hydrogen-bond donors (Lipinski definition) is 8. The summed E-state index contributed by atoms with van der Waals surface area (Å²) in [6.45, 7) is 7.33. The molecule has 45 heavy (non-hydrogen) atoms. The summed E-state index contributed by atoms with van der Waals surface area (Å²) in [5, 5.41) is 82.8. The normalized spacial score (nSPS) is 54.7. The molecular formula is C32H50O13. The maximum Gasteiger partial charge on any atom is 0.309 e. The Balaban J connectivity index is 1.26. The van der Waals surface area contributed by atoms with Crippen LogP contribution in [0.4, 0.5) is 0 Å². The monoisotopic (exact) mass is 642 g/mol. The lowest BCUT2D eigenvalue weighted by Gasteiger charge is -2.64. The van der Waals surface area contributed by atoms with E-state index in [1.807, 2.05) is 6.92 Å². The molecule has 0 aromatic rings. The second-order valence-corrected chi connectivity index (χ2v) is 15.2. The third-order valence-corrected chi connectivity index (χ3v) is 12.9. The first-order valence-corrected chi connectivity index (χ1v) is 16.3. The van der Waals surface area contributed by atoms with Crippen molar-refractivity contribution in [3.8, 4) is 0 Å². The Morgan fingerprint density at radius 3 is 2.11 bits per heavy atom. The number of aliphatic carboxylic acids is 1. The molecule has 16 atom stereocenters. The van der Waals surface area contributed by atoms with Gasteiger partial charge in [0.05, 0.1) is 24.2 Å². The summed E-state index contributed by atoms with van der Waals surface area (Å²) in [6, 6.07) is 0. The summed E-state index contributed by atoms with van der Waals surface area (Å²) in [5.41, 5.74) is -1.10. The Morgan fingerprint density at radius 2 is 1.47 bits per heavy atom. The van der Waals surface area contributed by atoms with Crippen LogP contribution in [0, 0.1) is 28.1 Å². The number of aliphatic hydroxyl groups excluding tert-OH is 7. The molecule has 2 bridgehead atoms. The van der Waals surface area contributed by atoms with Gasteiger partial charge in [-0.25, -0.2) is 0 Å². The molecular weight excluding hydrogens is 592 g/mol. The number of carbonyl (C=O) groups is 1. The smallest absolute Gasteiger partial charge is 0.309 e. The van der Waals surface area contributed by atoms with Gasteiger partial charge in [0.1, 0.15) is 48.8 Å². The summed E-state index contributed by atoms with van der Waals surface area (Å²) in [7, 11) is 0. The Bertz CT molecular complexity index is 1150. The number of aliphatic hydroxyl groups is 7. The van der Waals surface area contributed by atoms with E-state index in [0.29, 0.717) is 25.7 Å². The van der Waals surface area contributed by atoms with Crippen molar-refractivity contribution < 1.29 is 64.6 Å². The molecule has 0 aromatic heterocycles. The van der Waals surface area contributed by atoms with Gasteiger partial charge in [0.25, 0.3) is 0 Å². The Kier molecular flexibility index (Phi) is 8.77. The van der Waals surface area contributed by atoms with E-state index in [2.05, 4.69) is 13.5 Å². The summed E-state index contributed by atoms with van der Waals surface area (Å²) >= 11 is 0. The molecule has 0 aromatic carbocycles. The van der Waals surface area contributed by atoms with E-state index >= 15 is 0 Å². The van der Waals surface area contributed by atoms with Crippen molar-refractivity contribution >= 4 is 5.97 Å². The predicted molar refractivity (Wildman–Crippen MR) is 154 cm³/mol. The molecule has 0 amide bonds. The third kappa shape index (κ3) is 5.04. The minimum absolute atomic E-state index is 0.0640. The van der Waals surface area contributed by atoms with E-state index < -0.39 is 91.6 Å². The summed E-state index contributed by atoms with van der Waals surface area (Å²) < 4.78 is 24.1. The van der Waals surface area contributed by atoms with E-state index in [-0.39, 0.29) is 22.7 Å². The number of hydrogen-bond acceptors (Lipinski definition) is 12. The highest BCUT2D eigenvalue weighted by Gasteiger charge is 2.69. The fourth-order valence-electron chi connectivity index (χ4n) is 10.6. The van der Waals surface area contributed by atoms with Gasteiger partial charge < -0.3 is 59.8 Å². The Labute approximate surface area is 262 Å². The molecule has 13 nitrogen and oxygen atoms in total. The lowest BCUT2D eigenvalue weighted by molar-refractivity contribution is -0.378. The highest BCUT2D eigenvalue weighted by atomic mass is 16.8. The van der Waals surface area contributed by atoms with Crippen LogP contribution >= 0.6 is 0 Å². The molecule has 0 unspecified atom stereocenters. The number of ether oxygens (including phenoxy) is 4. The molecule has 6 aliphatic rings. The first kappa shape index (κ1) is 33.7. The summed E-state index contributed by atoms with van der Waals surface area (Å²) in [4.78, 5) is 12.5. The molecule has 2 saturated heterocycles. The zero-order valence-electron chi connectivity index (χ0n) is 26.0. The standard InChI is InChI=1S/C32H50O13/c1-15-11-31-9-5-18-29(2,7-4-8-30(18,3)28(40)41)19(31)6-10-32(15,14-31)45-27-25(23(38)21(36)17(13-34)43-27)44-26-24(39)22(37)20(35)16(12-33)42-26/h16-27,33-39H,1,4-14H2,2-3H3,(H,40,41)/t16-,17-,18-,19-,20-,21-,22+,23+,24-,25-,26+,27+,29+,30-,31+,32+/m1/s1. The molecule has 2 aliphatic heterocycles. The molecule has 256 valence electrons. The van der Waals surface area contributed by atoms with Crippen LogP contribution in [0.25, 0.3) is 0 Å². The quantitative estimate of drug-likeness (QED) is 0.134. The van der Waals surface area contributed by atoms with Crippen molar-refractivity contribution in [1.29, 1.82) is 0 Å². The maximum absolute atomic E-state index is 12.5. The molecule has 0 radical (unpaired) electrons. The number of fused-ring (bicyclic) bond motifs is 3. The van der Waals surface area contributed by atoms with Crippen LogP contribution in [0.2, 0.25) is 0 Å². The van der Waals surface area contributed by atoms with Crippen molar-refractivity contribution in [3.05, 3.63) is 12.2 Å². The van der Waals surface area contributed by atoms with Crippen LogP contribution < -0.4 is 0 Å². The highest BCUT2D eigenvalue weighted by Crippen LogP contribution is 2.73. The first-order chi connectivity index (χ1) is 21.2. The van der Waals surface area contributed by atoms with Crippen molar-refractivity contribution in [3.63, 3.8) is 0 Å². The Hall–Kier alpha value is -1.23. The van der Waals surface area contributed by atoms with E-state index in [1.165, 1.54) is 0 Å². The number of carboxylic acid groups (broad SMARTS) is 1. The first-order valence-electron chi connectivity index (χ1n) is 16.3. The summed E-state index contributed by atoms with van der Waals surface area (Å²) in [6.07, 6.45) is -8.44. The van der Waals surface area contributed by atoms with Crippen LogP contribution in [-0.4, -0.2) is 127 Å². The zero-order chi connectivity index (χ0) is 32.7. The topological polar surface area (TPSA) is 216 Å². The van der Waals surface area contributed by atoms with Crippen molar-refractivity contribution in [1.82, 2.24) is 0 Å². The molecule has 6 rings (SSSR count). The van der Waals surface area contributed by atoms with E-state index in [9.17, 15) is 45.6 Å². The van der Waals surface area contributed by atoms with Crippen molar-refractivity contribution in [2.75, 3.05) is 13.2 Å². The number of rotatable bonds is 7. The van der Waals surface area contributed by atoms with Gasteiger partial charge >= 0.3 is 5.97 Å². The highest BCUT2D eigenvalue weighted by molar-refractivity contribution is 5.75. The van der Waals surface area contributed by atoms with Crippen LogP contribution in [0.5, 0.6) is 0 Å². The van der Waals surface area contributed by atoms with E-state index in [0.717, 1.165) is 37.7 Å². The Morgan fingerprint density at radius 1 is 0.844 bits per heavy atom. The fourth-order valence-corrected chi connectivity index (χ4v) is 10.6. The van der Waals surface area contributed by atoms with Crippen molar-refractivity contribution in [2.45, 2.75) is 139 Å². The number of carboxylic acids is 1. The van der Waals surface area contributed by atoms with E-state index in [4.69, 9.17) is 18.9 Å². The van der Waals surface area contributed by atoms with Crippen molar-refractivity contribution in [2.24, 2.45) is 28.1 Å². The van der Waals surface area contributed by atoms with Gasteiger partial charge in [-0.15, -0.1) is 0 Å². The second kappa shape index (κ2) is 11.7. The van der Waals surface area contributed by atoms with Crippen LogP contribution in [-0.2, 0) is 23.7 Å². The largest absolute Gasteiger partial charge is 0.481 e. The maximum atomic E-state index is 12.5. The predicted octanol–water partition coefficient (Wildman–Crippen LogP) is -0.197. The van der Waals surface area contributed by atoms with Crippen LogP contribution in [0.3, 0.4) is 0 Å². The van der Waals surface area contributed by atoms with Gasteiger partial charge in [0.2, 0.25) is 0 Å². The van der Waals surface area contributed by atoms with Gasteiger partial charge in [-0.2, -0.15) is 0 Å². The van der Waals surface area contributed by atoms with Gasteiger partial charge in [-0.3, -0.25) is 4.79 Å². The third-order valence-electron chi connectivity index (χ3n) is 12.9. The molecule has 13 heteroatoms. The van der Waals surface area contributed by atoms with Crippen LogP contribution in [0.15, 0.2) is 12.2 Å². The fraction of sp³-hybridized carbons (Fsp3) is 0.906. The van der Waals surface area contributed by atoms with Crippen LogP contribution in [0.1, 0.15) is 71.6 Å². The lowest BCUT2D eigenvalue weighted by atomic mass is 9.41. The van der Waals surface area contributed by atoms with Gasteiger partial charge in [-0.1, -0.05) is 19.9 Å². The second-order valence-electron chi connectivity index (χ2n) is 15.2. The van der Waals surface area contributed by atoms with Gasteiger partial charge in [-0.05, 0) is 86.5 Å².